The molecule has 0 atom stereocenters. The van der Waals surface area contributed by atoms with E-state index in [2.05, 4.69) is 10.9 Å². The molecule has 0 N–H and O–H groups in total. The molecule has 3 aromatic rings. The first kappa shape index (κ1) is 13.4. The zero-order valence-corrected chi connectivity index (χ0v) is 12.1. The first-order chi connectivity index (χ1) is 10.1. The van der Waals surface area contributed by atoms with Gasteiger partial charge in [-0.2, -0.15) is 0 Å². The second-order valence-electron chi connectivity index (χ2n) is 4.70. The number of rotatable bonds is 2. The quantitative estimate of drug-likeness (QED) is 0.409. The summed E-state index contributed by atoms with van der Waals surface area (Å²) in [6.45, 7) is 2.00. The second-order valence-corrected chi connectivity index (χ2v) is 5.11. The number of aromatic nitrogens is 2. The Morgan fingerprint density at radius 3 is 2.67 bits per heavy atom. The lowest BCUT2D eigenvalue weighted by Gasteiger charge is -2.01. The maximum absolute atomic E-state index is 12.1. The van der Waals surface area contributed by atoms with Gasteiger partial charge >= 0.3 is 0 Å². The Balaban J connectivity index is 2.36. The number of fused-ring (bicyclic) bond motifs is 1. The van der Waals surface area contributed by atoms with E-state index in [1.807, 2.05) is 31.2 Å². The third kappa shape index (κ3) is 2.20. The molecule has 0 amide bonds. The molecule has 3 nitrogen and oxygen atoms in total. The maximum atomic E-state index is 12.1. The van der Waals surface area contributed by atoms with Gasteiger partial charge in [-0.1, -0.05) is 41.4 Å². The summed E-state index contributed by atoms with van der Waals surface area (Å²) in [4.78, 5) is 16.6. The van der Waals surface area contributed by atoms with E-state index in [1.54, 1.807) is 22.7 Å². The van der Waals surface area contributed by atoms with Crippen molar-refractivity contribution in [3.8, 4) is 23.6 Å². The Labute approximate surface area is 127 Å². The van der Waals surface area contributed by atoms with Crippen LogP contribution in [0.1, 0.15) is 16.1 Å². The van der Waals surface area contributed by atoms with Crippen LogP contribution in [0.4, 0.5) is 0 Å². The van der Waals surface area contributed by atoms with Gasteiger partial charge in [-0.05, 0) is 25.0 Å². The fraction of sp³-hybridized carbons (Fsp3) is 0.0588. The van der Waals surface area contributed by atoms with Crippen molar-refractivity contribution in [2.24, 2.45) is 0 Å². The highest BCUT2D eigenvalue weighted by Gasteiger charge is 2.20. The lowest BCUT2D eigenvalue weighted by molar-refractivity contribution is 0.105. The number of hydrogen-bond acceptors (Lipinski definition) is 2. The van der Waals surface area contributed by atoms with Gasteiger partial charge in [-0.25, -0.2) is 4.98 Å². The average Bonchev–Trinajstić information content (AvgIpc) is 2.88. The minimum atomic E-state index is -0.416. The van der Waals surface area contributed by atoms with Crippen LogP contribution in [-0.4, -0.2) is 15.2 Å². The van der Waals surface area contributed by atoms with E-state index in [-0.39, 0.29) is 0 Å². The third-order valence-corrected chi connectivity index (χ3v) is 3.57. The fourth-order valence-electron chi connectivity index (χ4n) is 2.23. The number of benzene rings is 1. The average molecular weight is 295 g/mol. The molecule has 21 heavy (non-hydrogen) atoms. The summed E-state index contributed by atoms with van der Waals surface area (Å²) < 4.78 is 1.64. The van der Waals surface area contributed by atoms with Gasteiger partial charge < -0.3 is 0 Å². The minimum Gasteiger partial charge on any atom is -0.294 e. The third-order valence-electron chi connectivity index (χ3n) is 3.27. The number of nitrogens with zero attached hydrogens (tertiary/aromatic N) is 2. The van der Waals surface area contributed by atoms with Crippen molar-refractivity contribution in [1.82, 2.24) is 9.38 Å². The highest BCUT2D eigenvalue weighted by molar-refractivity contribution is 6.33. The van der Waals surface area contributed by atoms with Gasteiger partial charge in [0.25, 0.3) is 5.78 Å². The minimum absolute atomic E-state index is 0.360. The highest BCUT2D eigenvalue weighted by atomic mass is 35.5. The molecule has 0 aliphatic rings. The molecular weight excluding hydrogens is 284 g/mol. The van der Waals surface area contributed by atoms with Crippen molar-refractivity contribution in [2.75, 3.05) is 0 Å². The van der Waals surface area contributed by atoms with Crippen molar-refractivity contribution in [2.45, 2.75) is 6.92 Å². The van der Waals surface area contributed by atoms with E-state index < -0.39 is 5.78 Å². The number of hydrogen-bond donors (Lipinski definition) is 0. The summed E-state index contributed by atoms with van der Waals surface area (Å²) >= 11 is 6.16. The molecule has 0 saturated carbocycles. The van der Waals surface area contributed by atoms with E-state index in [1.165, 1.54) is 0 Å². The molecule has 4 heteroatoms. The highest BCUT2D eigenvalue weighted by Crippen LogP contribution is 2.28. The van der Waals surface area contributed by atoms with E-state index in [4.69, 9.17) is 18.0 Å². The van der Waals surface area contributed by atoms with E-state index in [9.17, 15) is 4.79 Å². The molecular formula is C17H11ClN2O. The molecule has 0 aliphatic carbocycles. The lowest BCUT2D eigenvalue weighted by Crippen LogP contribution is -2.02. The van der Waals surface area contributed by atoms with Gasteiger partial charge in [0, 0.05) is 11.8 Å². The molecule has 0 saturated heterocycles. The van der Waals surface area contributed by atoms with E-state index in [0.29, 0.717) is 22.1 Å². The number of halogens is 1. The molecule has 0 fully saturated rings. The predicted octanol–water partition coefficient (Wildman–Crippen LogP) is 3.78. The molecule has 0 radical (unpaired) electrons. The van der Waals surface area contributed by atoms with Crippen molar-refractivity contribution in [3.05, 3.63) is 58.9 Å². The van der Waals surface area contributed by atoms with Crippen LogP contribution in [0.25, 0.3) is 16.9 Å². The van der Waals surface area contributed by atoms with Gasteiger partial charge in [0.1, 0.15) is 11.4 Å². The Morgan fingerprint density at radius 1 is 1.29 bits per heavy atom. The molecule has 0 unspecified atom stereocenters. The largest absolute Gasteiger partial charge is 0.294 e. The van der Waals surface area contributed by atoms with Crippen molar-refractivity contribution < 1.29 is 4.79 Å². The van der Waals surface area contributed by atoms with Gasteiger partial charge in [0.2, 0.25) is 0 Å². The molecule has 3 rings (SSSR count). The Morgan fingerprint density at radius 2 is 2.00 bits per heavy atom. The summed E-state index contributed by atoms with van der Waals surface area (Å²) in [5, 5.41) is 0.474. The first-order valence-corrected chi connectivity index (χ1v) is 6.74. The van der Waals surface area contributed by atoms with Gasteiger partial charge in [0.05, 0.1) is 5.02 Å². The van der Waals surface area contributed by atoms with E-state index in [0.717, 1.165) is 11.1 Å². The molecule has 2 aromatic heterocycles. The standard InChI is InChI=1S/C17H11ClN2O/c1-3-14(21)16-15(12-8-6-11(2)7-9-12)19-17-13(18)5-4-10-20(16)17/h1,4-10H,2H3. The van der Waals surface area contributed by atoms with Crippen LogP contribution in [-0.2, 0) is 0 Å². The van der Waals surface area contributed by atoms with Crippen LogP contribution in [0.15, 0.2) is 42.6 Å². The number of carbonyl (C=O) groups is 1. The molecule has 102 valence electrons. The smallest absolute Gasteiger partial charge is 0.254 e. The number of pyridine rings is 1. The molecule has 2 heterocycles. The van der Waals surface area contributed by atoms with Crippen molar-refractivity contribution >= 4 is 23.0 Å². The van der Waals surface area contributed by atoms with Crippen molar-refractivity contribution in [1.29, 1.82) is 0 Å². The Bertz CT molecular complexity index is 886. The SMILES string of the molecule is C#CC(=O)c1c(-c2ccc(C)cc2)nc2c(Cl)cccn12. The number of ketones is 1. The number of Topliss-reactive ketones (excluding diaryl/α,β-unsaturated/α-hetero) is 1. The van der Waals surface area contributed by atoms with Gasteiger partial charge in [0.15, 0.2) is 5.65 Å². The zero-order chi connectivity index (χ0) is 15.0. The monoisotopic (exact) mass is 294 g/mol. The molecule has 0 bridgehead atoms. The Hall–Kier alpha value is -2.57. The summed E-state index contributed by atoms with van der Waals surface area (Å²) in [6, 6.07) is 11.2. The van der Waals surface area contributed by atoms with Crippen molar-refractivity contribution in [3.63, 3.8) is 0 Å². The number of terminal acetylenes is 1. The van der Waals surface area contributed by atoms with Crippen LogP contribution in [0.2, 0.25) is 5.02 Å². The van der Waals surface area contributed by atoms with Gasteiger partial charge in [-0.3, -0.25) is 9.20 Å². The fourth-order valence-corrected chi connectivity index (χ4v) is 2.44. The number of imidazole rings is 1. The number of aryl methyl sites for hydroxylation is 1. The predicted molar refractivity (Wildman–Crippen MR) is 83.5 cm³/mol. The maximum Gasteiger partial charge on any atom is 0.254 e. The summed E-state index contributed by atoms with van der Waals surface area (Å²) in [5.74, 6) is 1.74. The topological polar surface area (TPSA) is 34.4 Å². The Kier molecular flexibility index (Phi) is 3.25. The zero-order valence-electron chi connectivity index (χ0n) is 11.3. The van der Waals surface area contributed by atoms with Crippen LogP contribution in [0, 0.1) is 19.3 Å². The van der Waals surface area contributed by atoms with Gasteiger partial charge in [-0.15, -0.1) is 6.42 Å². The molecule has 0 spiro atoms. The van der Waals surface area contributed by atoms with E-state index >= 15 is 0 Å². The van der Waals surface area contributed by atoms with Crippen LogP contribution in [0.5, 0.6) is 0 Å². The second kappa shape index (κ2) is 5.08. The normalized spacial score (nSPS) is 10.5. The summed E-state index contributed by atoms with van der Waals surface area (Å²) in [6.07, 6.45) is 7.02. The van der Waals surface area contributed by atoms with Crippen LogP contribution < -0.4 is 0 Å². The number of carbonyl (C=O) groups excluding carboxylic acids is 1. The molecule has 0 aliphatic heterocycles. The first-order valence-electron chi connectivity index (χ1n) is 6.36. The molecule has 1 aromatic carbocycles. The summed E-state index contributed by atoms with van der Waals surface area (Å²) in [7, 11) is 0. The van der Waals surface area contributed by atoms with Crippen LogP contribution >= 0.6 is 11.6 Å². The summed E-state index contributed by atoms with van der Waals surface area (Å²) in [5.41, 5.74) is 3.39. The lowest BCUT2D eigenvalue weighted by atomic mass is 10.1. The van der Waals surface area contributed by atoms with Crippen LogP contribution in [0.3, 0.4) is 0 Å².